The van der Waals surface area contributed by atoms with Crippen molar-refractivity contribution in [2.75, 3.05) is 12.4 Å². The standard InChI is InChI=1S/C10H19N3/c1-8(2)7-9(3)13-6-5-12-10(13)11-4/h5-6,8-9H,7H2,1-4H3,(H,11,12). The van der Waals surface area contributed by atoms with Gasteiger partial charge in [0.1, 0.15) is 0 Å². The van der Waals surface area contributed by atoms with Gasteiger partial charge in [-0.2, -0.15) is 0 Å². The molecule has 0 spiro atoms. The third kappa shape index (κ3) is 2.47. The molecule has 1 rings (SSSR count). The second kappa shape index (κ2) is 4.30. The summed E-state index contributed by atoms with van der Waals surface area (Å²) < 4.78 is 2.18. The topological polar surface area (TPSA) is 29.9 Å². The van der Waals surface area contributed by atoms with E-state index in [0.717, 1.165) is 11.9 Å². The third-order valence-corrected chi connectivity index (χ3v) is 2.18. The van der Waals surface area contributed by atoms with Gasteiger partial charge >= 0.3 is 0 Å². The van der Waals surface area contributed by atoms with Crippen molar-refractivity contribution in [1.29, 1.82) is 0 Å². The average molecular weight is 181 g/mol. The van der Waals surface area contributed by atoms with Crippen molar-refractivity contribution in [3.8, 4) is 0 Å². The molecule has 1 atom stereocenters. The summed E-state index contributed by atoms with van der Waals surface area (Å²) in [7, 11) is 1.90. The average Bonchev–Trinajstić information content (AvgIpc) is 2.49. The molecule has 1 aromatic heterocycles. The summed E-state index contributed by atoms with van der Waals surface area (Å²) in [5.41, 5.74) is 0. The van der Waals surface area contributed by atoms with Crippen molar-refractivity contribution < 1.29 is 0 Å². The van der Waals surface area contributed by atoms with E-state index in [4.69, 9.17) is 0 Å². The van der Waals surface area contributed by atoms with Gasteiger partial charge in [-0.15, -0.1) is 0 Å². The zero-order valence-corrected chi connectivity index (χ0v) is 8.91. The van der Waals surface area contributed by atoms with Gasteiger partial charge in [0.05, 0.1) is 0 Å². The Labute approximate surface area is 80.2 Å². The zero-order chi connectivity index (χ0) is 9.84. The molecule has 1 heterocycles. The molecule has 0 bridgehead atoms. The van der Waals surface area contributed by atoms with Gasteiger partial charge in [0.25, 0.3) is 0 Å². The number of aromatic nitrogens is 2. The fourth-order valence-corrected chi connectivity index (χ4v) is 1.66. The van der Waals surface area contributed by atoms with Gasteiger partial charge < -0.3 is 9.88 Å². The van der Waals surface area contributed by atoms with Crippen LogP contribution in [0.25, 0.3) is 0 Å². The molecular formula is C10H19N3. The summed E-state index contributed by atoms with van der Waals surface area (Å²) in [6.45, 7) is 6.71. The molecule has 0 aliphatic carbocycles. The highest BCUT2D eigenvalue weighted by Gasteiger charge is 2.09. The van der Waals surface area contributed by atoms with Gasteiger partial charge in [-0.05, 0) is 19.3 Å². The number of hydrogen-bond donors (Lipinski definition) is 1. The van der Waals surface area contributed by atoms with Gasteiger partial charge in [0.15, 0.2) is 0 Å². The lowest BCUT2D eigenvalue weighted by atomic mass is 10.1. The van der Waals surface area contributed by atoms with E-state index in [0.29, 0.717) is 6.04 Å². The molecule has 74 valence electrons. The molecule has 0 aliphatic heterocycles. The molecule has 3 heteroatoms. The van der Waals surface area contributed by atoms with Crippen LogP contribution in [0.4, 0.5) is 5.95 Å². The van der Waals surface area contributed by atoms with Gasteiger partial charge in [0, 0.05) is 25.5 Å². The number of nitrogens with one attached hydrogen (secondary N) is 1. The molecule has 13 heavy (non-hydrogen) atoms. The molecule has 0 radical (unpaired) electrons. The summed E-state index contributed by atoms with van der Waals surface area (Å²) in [5.74, 6) is 1.68. The van der Waals surface area contributed by atoms with Crippen molar-refractivity contribution >= 4 is 5.95 Å². The molecule has 0 amide bonds. The molecule has 0 saturated carbocycles. The summed E-state index contributed by atoms with van der Waals surface area (Å²) in [6, 6.07) is 0.518. The number of rotatable bonds is 4. The van der Waals surface area contributed by atoms with Crippen LogP contribution in [-0.2, 0) is 0 Å². The van der Waals surface area contributed by atoms with Gasteiger partial charge in [0.2, 0.25) is 5.95 Å². The fourth-order valence-electron chi connectivity index (χ4n) is 1.66. The Bertz CT molecular complexity index is 252. The van der Waals surface area contributed by atoms with E-state index >= 15 is 0 Å². The van der Waals surface area contributed by atoms with E-state index in [9.17, 15) is 0 Å². The largest absolute Gasteiger partial charge is 0.359 e. The molecule has 1 N–H and O–H groups in total. The van der Waals surface area contributed by atoms with Crippen LogP contribution in [0.3, 0.4) is 0 Å². The maximum atomic E-state index is 4.21. The molecule has 3 nitrogen and oxygen atoms in total. The maximum Gasteiger partial charge on any atom is 0.202 e. The first-order valence-corrected chi connectivity index (χ1v) is 4.85. The molecule has 0 aromatic carbocycles. The van der Waals surface area contributed by atoms with Gasteiger partial charge in [-0.3, -0.25) is 0 Å². The normalized spacial score (nSPS) is 13.3. The monoisotopic (exact) mass is 181 g/mol. The van der Waals surface area contributed by atoms with E-state index in [-0.39, 0.29) is 0 Å². The number of imidazole rings is 1. The van der Waals surface area contributed by atoms with Crippen LogP contribution in [0.2, 0.25) is 0 Å². The molecule has 1 aromatic rings. The van der Waals surface area contributed by atoms with Gasteiger partial charge in [-0.25, -0.2) is 4.98 Å². The highest BCUT2D eigenvalue weighted by molar-refractivity contribution is 5.24. The molecule has 0 aliphatic rings. The van der Waals surface area contributed by atoms with Crippen LogP contribution in [0.1, 0.15) is 33.2 Å². The molecule has 0 fully saturated rings. The highest BCUT2D eigenvalue weighted by Crippen LogP contribution is 2.20. The first-order chi connectivity index (χ1) is 6.15. The van der Waals surface area contributed by atoms with Crippen LogP contribution < -0.4 is 5.32 Å². The minimum absolute atomic E-state index is 0.518. The van der Waals surface area contributed by atoms with Crippen molar-refractivity contribution in [3.05, 3.63) is 12.4 Å². The lowest BCUT2D eigenvalue weighted by molar-refractivity contribution is 0.431. The Morgan fingerprint density at radius 2 is 2.15 bits per heavy atom. The van der Waals surface area contributed by atoms with Crippen molar-refractivity contribution in [2.24, 2.45) is 5.92 Å². The summed E-state index contributed by atoms with van der Waals surface area (Å²) >= 11 is 0. The van der Waals surface area contributed by atoms with E-state index in [1.165, 1.54) is 6.42 Å². The Morgan fingerprint density at radius 3 is 2.69 bits per heavy atom. The third-order valence-electron chi connectivity index (χ3n) is 2.18. The lowest BCUT2D eigenvalue weighted by Gasteiger charge is -2.17. The predicted molar refractivity (Wildman–Crippen MR) is 55.9 cm³/mol. The summed E-state index contributed by atoms with van der Waals surface area (Å²) in [4.78, 5) is 4.21. The number of anilines is 1. The minimum Gasteiger partial charge on any atom is -0.359 e. The Hall–Kier alpha value is -0.990. The highest BCUT2D eigenvalue weighted by atomic mass is 15.2. The Morgan fingerprint density at radius 1 is 1.46 bits per heavy atom. The van der Waals surface area contributed by atoms with Crippen LogP contribution in [0, 0.1) is 5.92 Å². The van der Waals surface area contributed by atoms with Crippen molar-refractivity contribution in [1.82, 2.24) is 9.55 Å². The van der Waals surface area contributed by atoms with Crippen LogP contribution >= 0.6 is 0 Å². The van der Waals surface area contributed by atoms with E-state index in [1.54, 1.807) is 0 Å². The predicted octanol–water partition coefficient (Wildman–Crippen LogP) is 2.53. The van der Waals surface area contributed by atoms with Crippen molar-refractivity contribution in [3.63, 3.8) is 0 Å². The molecule has 0 saturated heterocycles. The molecule has 1 unspecified atom stereocenters. The van der Waals surface area contributed by atoms with Crippen LogP contribution in [0.15, 0.2) is 12.4 Å². The fraction of sp³-hybridized carbons (Fsp3) is 0.700. The lowest BCUT2D eigenvalue weighted by Crippen LogP contribution is -2.10. The molecular weight excluding hydrogens is 162 g/mol. The van der Waals surface area contributed by atoms with E-state index < -0.39 is 0 Å². The Kier molecular flexibility index (Phi) is 3.34. The number of hydrogen-bond acceptors (Lipinski definition) is 2. The van der Waals surface area contributed by atoms with Crippen molar-refractivity contribution in [2.45, 2.75) is 33.2 Å². The van der Waals surface area contributed by atoms with E-state index in [1.807, 2.05) is 19.4 Å². The quantitative estimate of drug-likeness (QED) is 0.773. The second-order valence-electron chi connectivity index (χ2n) is 3.89. The zero-order valence-electron chi connectivity index (χ0n) is 8.91. The minimum atomic E-state index is 0.518. The SMILES string of the molecule is CNc1nccn1C(C)CC(C)C. The Balaban J connectivity index is 2.69. The first-order valence-electron chi connectivity index (χ1n) is 4.85. The smallest absolute Gasteiger partial charge is 0.202 e. The maximum absolute atomic E-state index is 4.21. The first kappa shape index (κ1) is 10.1. The second-order valence-corrected chi connectivity index (χ2v) is 3.89. The number of nitrogens with zero attached hydrogens (tertiary/aromatic N) is 2. The van der Waals surface area contributed by atoms with Crippen LogP contribution in [-0.4, -0.2) is 16.6 Å². The summed E-state index contributed by atoms with van der Waals surface area (Å²) in [5, 5.41) is 3.08. The van der Waals surface area contributed by atoms with Gasteiger partial charge in [-0.1, -0.05) is 13.8 Å². The summed E-state index contributed by atoms with van der Waals surface area (Å²) in [6.07, 6.45) is 5.05. The van der Waals surface area contributed by atoms with Crippen LogP contribution in [0.5, 0.6) is 0 Å². The van der Waals surface area contributed by atoms with E-state index in [2.05, 4.69) is 35.6 Å².